The summed E-state index contributed by atoms with van der Waals surface area (Å²) in [5.74, 6) is -1.41. The highest BCUT2D eigenvalue weighted by molar-refractivity contribution is 5.75. The van der Waals surface area contributed by atoms with E-state index in [1.165, 1.54) is 13.0 Å². The van der Waals surface area contributed by atoms with E-state index in [0.29, 0.717) is 5.56 Å². The largest absolute Gasteiger partial charge is 0.481 e. The number of rotatable bonds is 5. The number of halogens is 3. The number of alkyl halides is 3. The Hall–Kier alpha value is -2.54. The van der Waals surface area contributed by atoms with Gasteiger partial charge in [-0.05, 0) is 42.8 Å². The number of aliphatic carboxylic acids is 1. The zero-order valence-corrected chi connectivity index (χ0v) is 12.7. The Morgan fingerprint density at radius 1 is 1.21 bits per heavy atom. The monoisotopic (exact) mass is 340 g/mol. The standard InChI is InChI=1S/C17H15F3O4/c1-10(16(22)23)11-3-2-4-14(8-11)24-15-6-5-13(17(18,19)20)7-12(15)9-21/h2-8,10,21H,9H2,1H3,(H,22,23). The third kappa shape index (κ3) is 4.05. The molecule has 0 heterocycles. The molecule has 0 amide bonds. The molecule has 0 saturated carbocycles. The van der Waals surface area contributed by atoms with Gasteiger partial charge in [-0.3, -0.25) is 4.79 Å². The van der Waals surface area contributed by atoms with E-state index in [4.69, 9.17) is 9.84 Å². The number of hydrogen-bond acceptors (Lipinski definition) is 3. The highest BCUT2D eigenvalue weighted by atomic mass is 19.4. The van der Waals surface area contributed by atoms with Crippen molar-refractivity contribution in [3.05, 3.63) is 59.2 Å². The third-order valence-corrected chi connectivity index (χ3v) is 3.51. The molecule has 0 radical (unpaired) electrons. The van der Waals surface area contributed by atoms with Gasteiger partial charge in [0.2, 0.25) is 0 Å². The Labute approximate surface area is 136 Å². The molecule has 24 heavy (non-hydrogen) atoms. The second-order valence-corrected chi connectivity index (χ2v) is 5.21. The Morgan fingerprint density at radius 2 is 1.92 bits per heavy atom. The van der Waals surface area contributed by atoms with Crippen LogP contribution in [0.2, 0.25) is 0 Å². The van der Waals surface area contributed by atoms with Crippen molar-refractivity contribution in [1.29, 1.82) is 0 Å². The molecule has 0 fully saturated rings. The molecule has 0 spiro atoms. The van der Waals surface area contributed by atoms with Gasteiger partial charge in [-0.2, -0.15) is 13.2 Å². The van der Waals surface area contributed by atoms with Crippen LogP contribution in [-0.2, 0) is 17.6 Å². The smallest absolute Gasteiger partial charge is 0.416 e. The molecule has 0 aromatic heterocycles. The summed E-state index contributed by atoms with van der Waals surface area (Å²) >= 11 is 0. The second kappa shape index (κ2) is 6.92. The number of carboxylic acid groups (broad SMARTS) is 1. The van der Waals surface area contributed by atoms with E-state index in [2.05, 4.69) is 0 Å². The Kier molecular flexibility index (Phi) is 5.14. The lowest BCUT2D eigenvalue weighted by atomic mass is 10.0. The van der Waals surface area contributed by atoms with E-state index in [1.807, 2.05) is 0 Å². The lowest BCUT2D eigenvalue weighted by Gasteiger charge is -2.14. The summed E-state index contributed by atoms with van der Waals surface area (Å²) in [5.41, 5.74) is -0.397. The van der Waals surface area contributed by atoms with Crippen molar-refractivity contribution < 1.29 is 32.9 Å². The van der Waals surface area contributed by atoms with Gasteiger partial charge in [0, 0.05) is 5.56 Å². The maximum Gasteiger partial charge on any atom is 0.416 e. The molecule has 0 aliphatic carbocycles. The SMILES string of the molecule is CC(C(=O)O)c1cccc(Oc2ccc(C(F)(F)F)cc2CO)c1. The highest BCUT2D eigenvalue weighted by Crippen LogP contribution is 2.34. The molecule has 0 aliphatic rings. The minimum absolute atomic E-state index is 0.0125. The second-order valence-electron chi connectivity index (χ2n) is 5.21. The van der Waals surface area contributed by atoms with Gasteiger partial charge in [-0.25, -0.2) is 0 Å². The van der Waals surface area contributed by atoms with Crippen LogP contribution in [0.1, 0.15) is 29.5 Å². The van der Waals surface area contributed by atoms with Gasteiger partial charge in [0.05, 0.1) is 18.1 Å². The van der Waals surface area contributed by atoms with E-state index >= 15 is 0 Å². The van der Waals surface area contributed by atoms with Gasteiger partial charge in [0.15, 0.2) is 0 Å². The number of benzene rings is 2. The van der Waals surface area contributed by atoms with E-state index in [1.54, 1.807) is 18.2 Å². The lowest BCUT2D eigenvalue weighted by molar-refractivity contribution is -0.139. The summed E-state index contributed by atoms with van der Waals surface area (Å²) in [4.78, 5) is 11.0. The van der Waals surface area contributed by atoms with Gasteiger partial charge in [0.25, 0.3) is 0 Å². The fourth-order valence-electron chi connectivity index (χ4n) is 2.10. The van der Waals surface area contributed by atoms with Crippen molar-refractivity contribution in [2.45, 2.75) is 25.6 Å². The molecule has 2 N–H and O–H groups in total. The van der Waals surface area contributed by atoms with Crippen LogP contribution in [0.3, 0.4) is 0 Å². The van der Waals surface area contributed by atoms with Gasteiger partial charge in [-0.15, -0.1) is 0 Å². The first kappa shape index (κ1) is 17.8. The van der Waals surface area contributed by atoms with Crippen LogP contribution < -0.4 is 4.74 Å². The van der Waals surface area contributed by atoms with Crippen LogP contribution in [0.5, 0.6) is 11.5 Å². The van der Waals surface area contributed by atoms with Crippen LogP contribution >= 0.6 is 0 Å². The number of hydrogen-bond donors (Lipinski definition) is 2. The number of aliphatic hydroxyl groups excluding tert-OH is 1. The summed E-state index contributed by atoms with van der Waals surface area (Å²) in [6.45, 7) is 0.892. The fourth-order valence-corrected chi connectivity index (χ4v) is 2.10. The van der Waals surface area contributed by atoms with Crippen molar-refractivity contribution in [1.82, 2.24) is 0 Å². The number of carboxylic acids is 1. The molecule has 1 unspecified atom stereocenters. The Balaban J connectivity index is 2.31. The van der Waals surface area contributed by atoms with Crippen molar-refractivity contribution in [2.24, 2.45) is 0 Å². The summed E-state index contributed by atoms with van der Waals surface area (Å²) in [7, 11) is 0. The zero-order valence-electron chi connectivity index (χ0n) is 12.7. The van der Waals surface area contributed by atoms with Gasteiger partial charge in [-0.1, -0.05) is 12.1 Å². The molecular weight excluding hydrogens is 325 g/mol. The average Bonchev–Trinajstić information content (AvgIpc) is 2.53. The normalized spacial score (nSPS) is 12.7. The molecule has 4 nitrogen and oxygen atoms in total. The maximum absolute atomic E-state index is 12.7. The summed E-state index contributed by atoms with van der Waals surface area (Å²) in [5, 5.41) is 18.3. The molecule has 0 bridgehead atoms. The van der Waals surface area contributed by atoms with Crippen molar-refractivity contribution >= 4 is 5.97 Å². The topological polar surface area (TPSA) is 66.8 Å². The van der Waals surface area contributed by atoms with E-state index in [0.717, 1.165) is 18.2 Å². The third-order valence-electron chi connectivity index (χ3n) is 3.51. The van der Waals surface area contributed by atoms with Gasteiger partial charge >= 0.3 is 12.1 Å². The van der Waals surface area contributed by atoms with E-state index in [-0.39, 0.29) is 17.1 Å². The molecule has 128 valence electrons. The Bertz CT molecular complexity index is 741. The minimum atomic E-state index is -4.51. The van der Waals surface area contributed by atoms with Gasteiger partial charge < -0.3 is 14.9 Å². The van der Waals surface area contributed by atoms with Crippen LogP contribution in [0.25, 0.3) is 0 Å². The first-order chi connectivity index (χ1) is 11.2. The molecule has 0 aliphatic heterocycles. The predicted octanol–water partition coefficient (Wildman–Crippen LogP) is 4.18. The number of aliphatic hydroxyl groups is 1. The number of carbonyl (C=O) groups is 1. The van der Waals surface area contributed by atoms with Gasteiger partial charge in [0.1, 0.15) is 11.5 Å². The van der Waals surface area contributed by atoms with Crippen molar-refractivity contribution in [2.75, 3.05) is 0 Å². The van der Waals surface area contributed by atoms with Crippen LogP contribution in [0.15, 0.2) is 42.5 Å². The maximum atomic E-state index is 12.7. The highest BCUT2D eigenvalue weighted by Gasteiger charge is 2.31. The fraction of sp³-hybridized carbons (Fsp3) is 0.235. The summed E-state index contributed by atoms with van der Waals surface area (Å²) < 4.78 is 43.6. The summed E-state index contributed by atoms with van der Waals surface area (Å²) in [6.07, 6.45) is -4.51. The van der Waals surface area contributed by atoms with Crippen molar-refractivity contribution in [3.8, 4) is 11.5 Å². The quantitative estimate of drug-likeness (QED) is 0.857. The Morgan fingerprint density at radius 3 is 2.50 bits per heavy atom. The molecule has 0 saturated heterocycles. The first-order valence-corrected chi connectivity index (χ1v) is 7.04. The lowest BCUT2D eigenvalue weighted by Crippen LogP contribution is -2.07. The minimum Gasteiger partial charge on any atom is -0.481 e. The molecular formula is C17H15F3O4. The van der Waals surface area contributed by atoms with E-state index < -0.39 is 30.2 Å². The average molecular weight is 340 g/mol. The molecule has 2 aromatic carbocycles. The number of ether oxygens (including phenoxy) is 1. The van der Waals surface area contributed by atoms with Crippen LogP contribution in [-0.4, -0.2) is 16.2 Å². The summed E-state index contributed by atoms with van der Waals surface area (Å²) in [6, 6.07) is 9.06. The van der Waals surface area contributed by atoms with Crippen molar-refractivity contribution in [3.63, 3.8) is 0 Å². The predicted molar refractivity (Wildman–Crippen MR) is 79.9 cm³/mol. The molecule has 7 heteroatoms. The molecule has 2 rings (SSSR count). The molecule has 1 atom stereocenters. The molecule has 2 aromatic rings. The van der Waals surface area contributed by atoms with E-state index in [9.17, 15) is 23.1 Å². The zero-order chi connectivity index (χ0) is 17.9. The first-order valence-electron chi connectivity index (χ1n) is 7.04. The van der Waals surface area contributed by atoms with Crippen LogP contribution in [0.4, 0.5) is 13.2 Å². The van der Waals surface area contributed by atoms with Crippen LogP contribution in [0, 0.1) is 0 Å².